The van der Waals surface area contributed by atoms with Crippen LogP contribution in [0.25, 0.3) is 0 Å². The van der Waals surface area contributed by atoms with Crippen LogP contribution in [0.15, 0.2) is 0 Å². The topological polar surface area (TPSA) is 3.24 Å². The van der Waals surface area contributed by atoms with Crippen molar-refractivity contribution in [2.24, 2.45) is 5.92 Å². The van der Waals surface area contributed by atoms with Gasteiger partial charge in [0.25, 0.3) is 0 Å². The van der Waals surface area contributed by atoms with Gasteiger partial charge in [-0.05, 0) is 51.6 Å². The van der Waals surface area contributed by atoms with E-state index in [9.17, 15) is 0 Å². The Bertz CT molecular complexity index is 122. The van der Waals surface area contributed by atoms with E-state index in [4.69, 9.17) is 0 Å². The number of rotatable bonds is 2. The summed E-state index contributed by atoms with van der Waals surface area (Å²) in [7, 11) is 0. The third-order valence-corrected chi connectivity index (χ3v) is 3.12. The largest absolute Gasteiger partial charge is 0.301 e. The molecule has 1 nitrogen and oxygen atoms in total. The third-order valence-electron chi connectivity index (χ3n) is 3.12. The lowest BCUT2D eigenvalue weighted by Crippen LogP contribution is -2.33. The SMILES string of the molecule is CCCN1CCC(C)CCC1C. The van der Waals surface area contributed by atoms with Crippen molar-refractivity contribution in [3.63, 3.8) is 0 Å². The molecule has 1 aliphatic rings. The van der Waals surface area contributed by atoms with Crippen LogP contribution < -0.4 is 0 Å². The molecular formula is C11H23N. The van der Waals surface area contributed by atoms with Gasteiger partial charge in [-0.3, -0.25) is 0 Å². The van der Waals surface area contributed by atoms with E-state index in [0.29, 0.717) is 0 Å². The molecule has 0 spiro atoms. The van der Waals surface area contributed by atoms with Crippen molar-refractivity contribution in [2.45, 2.75) is 52.5 Å². The fraction of sp³-hybridized carbons (Fsp3) is 1.00. The molecule has 0 saturated carbocycles. The van der Waals surface area contributed by atoms with Crippen molar-refractivity contribution in [3.8, 4) is 0 Å². The first kappa shape index (κ1) is 10.0. The molecule has 1 saturated heterocycles. The Kier molecular flexibility index (Phi) is 4.07. The third kappa shape index (κ3) is 2.78. The van der Waals surface area contributed by atoms with Crippen LogP contribution >= 0.6 is 0 Å². The lowest BCUT2D eigenvalue weighted by molar-refractivity contribution is 0.213. The fourth-order valence-electron chi connectivity index (χ4n) is 2.08. The van der Waals surface area contributed by atoms with Gasteiger partial charge in [0.1, 0.15) is 0 Å². The Morgan fingerprint density at radius 3 is 2.58 bits per heavy atom. The molecule has 0 aromatic rings. The van der Waals surface area contributed by atoms with Gasteiger partial charge in [0.2, 0.25) is 0 Å². The molecule has 2 unspecified atom stereocenters. The lowest BCUT2D eigenvalue weighted by Gasteiger charge is -2.25. The zero-order valence-corrected chi connectivity index (χ0v) is 8.84. The van der Waals surface area contributed by atoms with E-state index in [-0.39, 0.29) is 0 Å². The molecule has 12 heavy (non-hydrogen) atoms. The summed E-state index contributed by atoms with van der Waals surface area (Å²) in [6.45, 7) is 9.68. The molecule has 2 atom stereocenters. The van der Waals surface area contributed by atoms with Gasteiger partial charge < -0.3 is 4.90 Å². The highest BCUT2D eigenvalue weighted by Crippen LogP contribution is 2.20. The van der Waals surface area contributed by atoms with Crippen LogP contribution in [0.4, 0.5) is 0 Å². The zero-order chi connectivity index (χ0) is 8.97. The molecule has 1 fully saturated rings. The van der Waals surface area contributed by atoms with E-state index < -0.39 is 0 Å². The van der Waals surface area contributed by atoms with Crippen molar-refractivity contribution in [1.29, 1.82) is 0 Å². The second-order valence-electron chi connectivity index (χ2n) is 4.36. The monoisotopic (exact) mass is 169 g/mol. The molecule has 1 rings (SSSR count). The van der Waals surface area contributed by atoms with Gasteiger partial charge in [-0.25, -0.2) is 0 Å². The number of nitrogens with zero attached hydrogens (tertiary/aromatic N) is 1. The van der Waals surface area contributed by atoms with E-state index in [0.717, 1.165) is 12.0 Å². The summed E-state index contributed by atoms with van der Waals surface area (Å²) in [5, 5.41) is 0. The van der Waals surface area contributed by atoms with E-state index in [1.165, 1.54) is 38.8 Å². The van der Waals surface area contributed by atoms with Crippen LogP contribution in [0, 0.1) is 5.92 Å². The van der Waals surface area contributed by atoms with Crippen LogP contribution in [0.1, 0.15) is 46.5 Å². The summed E-state index contributed by atoms with van der Waals surface area (Å²) in [5.74, 6) is 0.953. The molecule has 0 aromatic carbocycles. The summed E-state index contributed by atoms with van der Waals surface area (Å²) >= 11 is 0. The predicted molar refractivity (Wildman–Crippen MR) is 54.3 cm³/mol. The Morgan fingerprint density at radius 2 is 1.92 bits per heavy atom. The molecular weight excluding hydrogens is 146 g/mol. The highest BCUT2D eigenvalue weighted by Gasteiger charge is 2.18. The zero-order valence-electron chi connectivity index (χ0n) is 8.84. The fourth-order valence-corrected chi connectivity index (χ4v) is 2.08. The molecule has 1 aliphatic heterocycles. The summed E-state index contributed by atoms with van der Waals surface area (Å²) in [6.07, 6.45) is 5.55. The average molecular weight is 169 g/mol. The Hall–Kier alpha value is -0.0400. The van der Waals surface area contributed by atoms with Crippen molar-refractivity contribution in [1.82, 2.24) is 4.90 Å². The summed E-state index contributed by atoms with van der Waals surface area (Å²) < 4.78 is 0. The van der Waals surface area contributed by atoms with Crippen molar-refractivity contribution in [2.75, 3.05) is 13.1 Å². The van der Waals surface area contributed by atoms with Gasteiger partial charge >= 0.3 is 0 Å². The first-order chi connectivity index (χ1) is 5.74. The van der Waals surface area contributed by atoms with Crippen LogP contribution in [-0.2, 0) is 0 Å². The maximum Gasteiger partial charge on any atom is 0.00670 e. The first-order valence-corrected chi connectivity index (χ1v) is 5.48. The van der Waals surface area contributed by atoms with E-state index in [1.807, 2.05) is 0 Å². The van der Waals surface area contributed by atoms with Gasteiger partial charge in [0.05, 0.1) is 0 Å². The quantitative estimate of drug-likeness (QED) is 0.614. The molecule has 0 aliphatic carbocycles. The summed E-state index contributed by atoms with van der Waals surface area (Å²) in [4.78, 5) is 2.66. The smallest absolute Gasteiger partial charge is 0.00670 e. The van der Waals surface area contributed by atoms with Gasteiger partial charge in [0.15, 0.2) is 0 Å². The van der Waals surface area contributed by atoms with Crippen LogP contribution in [0.3, 0.4) is 0 Å². The highest BCUT2D eigenvalue weighted by atomic mass is 15.1. The molecule has 0 N–H and O–H groups in total. The van der Waals surface area contributed by atoms with Crippen LogP contribution in [-0.4, -0.2) is 24.0 Å². The normalized spacial score (nSPS) is 33.2. The Labute approximate surface area is 77.1 Å². The summed E-state index contributed by atoms with van der Waals surface area (Å²) in [5.41, 5.74) is 0. The van der Waals surface area contributed by atoms with Gasteiger partial charge in [-0.2, -0.15) is 0 Å². The molecule has 0 radical (unpaired) electrons. The minimum Gasteiger partial charge on any atom is -0.301 e. The lowest BCUT2D eigenvalue weighted by atomic mass is 10.0. The van der Waals surface area contributed by atoms with Crippen molar-refractivity contribution >= 4 is 0 Å². The second kappa shape index (κ2) is 4.86. The van der Waals surface area contributed by atoms with Crippen LogP contribution in [0.5, 0.6) is 0 Å². The second-order valence-corrected chi connectivity index (χ2v) is 4.36. The van der Waals surface area contributed by atoms with Crippen molar-refractivity contribution in [3.05, 3.63) is 0 Å². The number of hydrogen-bond donors (Lipinski definition) is 0. The van der Waals surface area contributed by atoms with Gasteiger partial charge in [-0.1, -0.05) is 13.8 Å². The predicted octanol–water partition coefficient (Wildman–Crippen LogP) is 2.91. The number of hydrogen-bond acceptors (Lipinski definition) is 1. The van der Waals surface area contributed by atoms with Gasteiger partial charge in [-0.15, -0.1) is 0 Å². The van der Waals surface area contributed by atoms with E-state index in [2.05, 4.69) is 25.7 Å². The molecule has 0 bridgehead atoms. The van der Waals surface area contributed by atoms with Crippen molar-refractivity contribution < 1.29 is 0 Å². The highest BCUT2D eigenvalue weighted by molar-refractivity contribution is 4.73. The molecule has 0 aromatic heterocycles. The van der Waals surface area contributed by atoms with Gasteiger partial charge in [0, 0.05) is 6.04 Å². The minimum absolute atomic E-state index is 0.829. The molecule has 1 heterocycles. The van der Waals surface area contributed by atoms with Crippen LogP contribution in [0.2, 0.25) is 0 Å². The minimum atomic E-state index is 0.829. The summed E-state index contributed by atoms with van der Waals surface area (Å²) in [6, 6.07) is 0.829. The first-order valence-electron chi connectivity index (χ1n) is 5.48. The molecule has 1 heteroatoms. The molecule has 0 amide bonds. The number of likely N-dealkylation sites (tertiary alicyclic amines) is 1. The van der Waals surface area contributed by atoms with E-state index in [1.54, 1.807) is 0 Å². The maximum atomic E-state index is 2.66. The van der Waals surface area contributed by atoms with E-state index >= 15 is 0 Å². The Morgan fingerprint density at radius 1 is 1.17 bits per heavy atom. The molecule has 72 valence electrons. The Balaban J connectivity index is 2.38. The average Bonchev–Trinajstić information content (AvgIpc) is 2.20. The maximum absolute atomic E-state index is 2.66. The standard InChI is InChI=1S/C11H23N/c1-4-8-12-9-7-10(2)5-6-11(12)3/h10-11H,4-9H2,1-3H3.